The highest BCUT2D eigenvalue weighted by Crippen LogP contribution is 2.62. The Morgan fingerprint density at radius 2 is 1.78 bits per heavy atom. The van der Waals surface area contributed by atoms with Gasteiger partial charge in [0.25, 0.3) is 11.8 Å². The van der Waals surface area contributed by atoms with E-state index in [-0.39, 0.29) is 23.6 Å². The molecule has 0 bridgehead atoms. The smallest absolute Gasteiger partial charge is 0.290 e. The Kier molecular flexibility index (Phi) is 4.01. The fraction of sp³-hybridized carbons (Fsp3) is 0.385. The van der Waals surface area contributed by atoms with E-state index in [0.717, 1.165) is 23.8 Å². The van der Waals surface area contributed by atoms with Crippen molar-refractivity contribution in [2.24, 2.45) is 5.41 Å². The molecule has 0 saturated heterocycles. The van der Waals surface area contributed by atoms with Crippen molar-refractivity contribution >= 4 is 22.8 Å². The van der Waals surface area contributed by atoms with Gasteiger partial charge in [-0.1, -0.05) is 36.4 Å². The van der Waals surface area contributed by atoms with Crippen LogP contribution in [0.4, 0.5) is 0 Å². The van der Waals surface area contributed by atoms with Gasteiger partial charge in [-0.05, 0) is 63.1 Å². The summed E-state index contributed by atoms with van der Waals surface area (Å²) in [5.74, 6) is 0.494. The van der Waals surface area contributed by atoms with E-state index in [2.05, 4.69) is 0 Å². The van der Waals surface area contributed by atoms with Crippen LogP contribution in [0.1, 0.15) is 55.6 Å². The molecule has 6 rings (SSSR count). The molecule has 2 aromatic carbocycles. The Morgan fingerprint density at radius 1 is 1.06 bits per heavy atom. The lowest BCUT2D eigenvalue weighted by atomic mass is 9.74. The first-order chi connectivity index (χ1) is 15.4. The van der Waals surface area contributed by atoms with Crippen molar-refractivity contribution in [1.29, 1.82) is 0 Å². The molecule has 0 radical (unpaired) electrons. The Balaban J connectivity index is 1.32. The van der Waals surface area contributed by atoms with Crippen LogP contribution in [0.5, 0.6) is 5.75 Å². The number of carbonyl (C=O) groups is 2. The number of nitrogens with zero attached hydrogens (tertiary/aromatic N) is 2. The number of carbonyl (C=O) groups excluding carboxylic acids is 2. The number of hydroxylamine groups is 2. The normalized spacial score (nSPS) is 18.9. The van der Waals surface area contributed by atoms with E-state index in [1.165, 1.54) is 17.9 Å². The van der Waals surface area contributed by atoms with Gasteiger partial charge < -0.3 is 14.2 Å². The average Bonchev–Trinajstić information content (AvgIpc) is 3.26. The minimum absolute atomic E-state index is 0.0159. The highest BCUT2D eigenvalue weighted by Gasteiger charge is 2.59. The molecule has 6 heteroatoms. The fourth-order valence-electron chi connectivity index (χ4n) is 5.34. The Morgan fingerprint density at radius 3 is 2.50 bits per heavy atom. The van der Waals surface area contributed by atoms with E-state index in [1.807, 2.05) is 62.4 Å². The lowest BCUT2D eigenvalue weighted by Crippen LogP contribution is -2.63. The van der Waals surface area contributed by atoms with Crippen molar-refractivity contribution in [3.05, 3.63) is 65.9 Å². The van der Waals surface area contributed by atoms with Crippen molar-refractivity contribution in [3.8, 4) is 5.75 Å². The standard InChI is InChI=1S/C26H26N2O4/c1-25(2,24(30)27-16-18-8-4-6-10-21(18)32-27)28(19-14-26(15-19)11-12-26)23(29)22-13-17-7-3-5-9-20(17)31-22/h3-10,13,19H,11-12,14-16H2,1-2H3. The van der Waals surface area contributed by atoms with Crippen molar-refractivity contribution in [3.63, 3.8) is 0 Å². The highest BCUT2D eigenvalue weighted by molar-refractivity contribution is 6.00. The summed E-state index contributed by atoms with van der Waals surface area (Å²) < 4.78 is 5.90. The van der Waals surface area contributed by atoms with Crippen LogP contribution in [-0.4, -0.2) is 33.4 Å². The molecule has 3 aliphatic rings. The van der Waals surface area contributed by atoms with Gasteiger partial charge in [0.15, 0.2) is 11.5 Å². The van der Waals surface area contributed by atoms with Gasteiger partial charge in [-0.3, -0.25) is 9.59 Å². The van der Waals surface area contributed by atoms with Gasteiger partial charge in [-0.2, -0.15) is 5.06 Å². The van der Waals surface area contributed by atoms with E-state index in [4.69, 9.17) is 9.25 Å². The number of fused-ring (bicyclic) bond motifs is 2. The molecule has 2 saturated carbocycles. The van der Waals surface area contributed by atoms with Crippen LogP contribution < -0.4 is 4.84 Å². The quantitative estimate of drug-likeness (QED) is 0.589. The molecule has 1 aliphatic heterocycles. The number of para-hydroxylation sites is 2. The minimum Gasteiger partial charge on any atom is -0.451 e. The number of hydrogen-bond acceptors (Lipinski definition) is 4. The maximum atomic E-state index is 13.8. The van der Waals surface area contributed by atoms with Crippen LogP contribution in [-0.2, 0) is 11.3 Å². The lowest BCUT2D eigenvalue weighted by Gasteiger charge is -2.50. The molecule has 32 heavy (non-hydrogen) atoms. The summed E-state index contributed by atoms with van der Waals surface area (Å²) in [7, 11) is 0. The average molecular weight is 431 g/mol. The molecule has 2 aliphatic carbocycles. The lowest BCUT2D eigenvalue weighted by molar-refractivity contribution is -0.168. The van der Waals surface area contributed by atoms with Crippen LogP contribution >= 0.6 is 0 Å². The van der Waals surface area contributed by atoms with Crippen LogP contribution in [0.25, 0.3) is 11.0 Å². The number of amides is 2. The molecular formula is C26H26N2O4. The van der Waals surface area contributed by atoms with Crippen LogP contribution in [0.3, 0.4) is 0 Å². The monoisotopic (exact) mass is 430 g/mol. The van der Waals surface area contributed by atoms with E-state index < -0.39 is 5.54 Å². The number of hydrogen-bond donors (Lipinski definition) is 0. The SMILES string of the molecule is CC(C)(C(=O)N1Cc2ccccc2O1)N(C(=O)c1cc2ccccc2o1)C1CC2(CC2)C1. The third-order valence-electron chi connectivity index (χ3n) is 7.36. The first kappa shape index (κ1) is 19.4. The molecule has 2 heterocycles. The zero-order valence-corrected chi connectivity index (χ0v) is 18.3. The minimum atomic E-state index is -1.08. The van der Waals surface area contributed by atoms with Gasteiger partial charge in [0.2, 0.25) is 0 Å². The molecule has 164 valence electrons. The zero-order chi connectivity index (χ0) is 22.1. The van der Waals surface area contributed by atoms with E-state index in [1.54, 1.807) is 11.0 Å². The van der Waals surface area contributed by atoms with Crippen LogP contribution in [0.15, 0.2) is 59.0 Å². The van der Waals surface area contributed by atoms with E-state index >= 15 is 0 Å². The third kappa shape index (κ3) is 2.93. The van der Waals surface area contributed by atoms with Gasteiger partial charge in [0.05, 0.1) is 6.54 Å². The van der Waals surface area contributed by atoms with Crippen LogP contribution in [0, 0.1) is 5.41 Å². The molecule has 2 fully saturated rings. The summed E-state index contributed by atoms with van der Waals surface area (Å²) in [4.78, 5) is 35.1. The van der Waals surface area contributed by atoms with Crippen molar-refractivity contribution in [2.75, 3.05) is 0 Å². The molecule has 0 N–H and O–H groups in total. The summed E-state index contributed by atoms with van der Waals surface area (Å²) in [5.41, 5.74) is 0.938. The van der Waals surface area contributed by atoms with E-state index in [0.29, 0.717) is 23.3 Å². The summed E-state index contributed by atoms with van der Waals surface area (Å²) in [6, 6.07) is 17.0. The van der Waals surface area contributed by atoms with Gasteiger partial charge in [-0.25, -0.2) is 0 Å². The van der Waals surface area contributed by atoms with Crippen molar-refractivity contribution < 1.29 is 18.8 Å². The Labute approximate surface area is 186 Å². The first-order valence-electron chi connectivity index (χ1n) is 11.3. The number of rotatable bonds is 4. The predicted octanol–water partition coefficient (Wildman–Crippen LogP) is 4.93. The first-order valence-corrected chi connectivity index (χ1v) is 11.3. The molecule has 0 atom stereocenters. The third-order valence-corrected chi connectivity index (χ3v) is 7.36. The molecule has 2 amide bonds. The zero-order valence-electron chi connectivity index (χ0n) is 18.3. The maximum absolute atomic E-state index is 13.8. The second-order valence-corrected chi connectivity index (χ2v) is 9.99. The van der Waals surface area contributed by atoms with Crippen LogP contribution in [0.2, 0.25) is 0 Å². The number of furan rings is 1. The van der Waals surface area contributed by atoms with Gasteiger partial charge in [0.1, 0.15) is 11.1 Å². The summed E-state index contributed by atoms with van der Waals surface area (Å²) in [6.45, 7) is 4.01. The molecule has 3 aromatic rings. The molecule has 1 spiro atoms. The second-order valence-electron chi connectivity index (χ2n) is 9.99. The second kappa shape index (κ2) is 6.61. The Bertz CT molecular complexity index is 1170. The summed E-state index contributed by atoms with van der Waals surface area (Å²) >= 11 is 0. The van der Waals surface area contributed by atoms with Crippen molar-refractivity contribution in [2.45, 2.75) is 57.7 Å². The fourth-order valence-corrected chi connectivity index (χ4v) is 5.34. The van der Waals surface area contributed by atoms with Gasteiger partial charge >= 0.3 is 0 Å². The predicted molar refractivity (Wildman–Crippen MR) is 119 cm³/mol. The molecule has 6 nitrogen and oxygen atoms in total. The van der Waals surface area contributed by atoms with Gasteiger partial charge in [-0.15, -0.1) is 0 Å². The Hall–Kier alpha value is -3.28. The maximum Gasteiger partial charge on any atom is 0.290 e. The molecular weight excluding hydrogens is 404 g/mol. The summed E-state index contributed by atoms with van der Waals surface area (Å²) in [6.07, 6.45) is 4.32. The molecule has 0 unspecified atom stereocenters. The summed E-state index contributed by atoms with van der Waals surface area (Å²) in [5, 5.41) is 2.26. The van der Waals surface area contributed by atoms with E-state index in [9.17, 15) is 9.59 Å². The van der Waals surface area contributed by atoms with Gasteiger partial charge in [0, 0.05) is 17.0 Å². The largest absolute Gasteiger partial charge is 0.451 e. The topological polar surface area (TPSA) is 63.0 Å². The van der Waals surface area contributed by atoms with Crippen molar-refractivity contribution in [1.82, 2.24) is 9.96 Å². The number of benzene rings is 2. The molecule has 1 aromatic heterocycles. The highest BCUT2D eigenvalue weighted by atomic mass is 16.7.